The minimum Gasteiger partial charge on any atom is -0.497 e. The Bertz CT molecular complexity index is 872. The molecule has 0 saturated heterocycles. The van der Waals surface area contributed by atoms with Crippen LogP contribution in [-0.4, -0.2) is 21.7 Å². The van der Waals surface area contributed by atoms with Crippen LogP contribution in [0.1, 0.15) is 11.4 Å². The fourth-order valence-electron chi connectivity index (χ4n) is 2.33. The van der Waals surface area contributed by atoms with Crippen LogP contribution in [0.25, 0.3) is 16.8 Å². The molecule has 2 heterocycles. The van der Waals surface area contributed by atoms with Crippen LogP contribution in [0.4, 0.5) is 13.2 Å². The molecule has 0 bridgehead atoms. The van der Waals surface area contributed by atoms with Crippen LogP contribution in [0.2, 0.25) is 5.15 Å². The molecule has 3 rings (SSSR count). The van der Waals surface area contributed by atoms with E-state index in [-0.39, 0.29) is 10.8 Å². The Hall–Kier alpha value is -2.28. The van der Waals surface area contributed by atoms with Gasteiger partial charge < -0.3 is 4.74 Å². The van der Waals surface area contributed by atoms with Crippen molar-refractivity contribution in [1.29, 1.82) is 0 Å². The first-order valence-corrected chi connectivity index (χ1v) is 6.96. The number of benzene rings is 1. The van der Waals surface area contributed by atoms with Crippen LogP contribution in [0.15, 0.2) is 30.3 Å². The van der Waals surface area contributed by atoms with Crippen molar-refractivity contribution in [1.82, 2.24) is 14.6 Å². The number of halogens is 4. The van der Waals surface area contributed by atoms with Gasteiger partial charge in [-0.3, -0.25) is 0 Å². The van der Waals surface area contributed by atoms with Crippen LogP contribution in [-0.2, 0) is 6.18 Å². The number of rotatable bonds is 2. The Kier molecular flexibility index (Phi) is 3.68. The number of aryl methyl sites for hydroxylation is 1. The molecule has 0 saturated carbocycles. The molecule has 120 valence electrons. The average Bonchev–Trinajstić information content (AvgIpc) is 2.83. The molecule has 0 N–H and O–H groups in total. The van der Waals surface area contributed by atoms with Crippen molar-refractivity contribution in [2.24, 2.45) is 0 Å². The topological polar surface area (TPSA) is 39.4 Å². The molecule has 0 radical (unpaired) electrons. The summed E-state index contributed by atoms with van der Waals surface area (Å²) >= 11 is 5.93. The third-order valence-corrected chi connectivity index (χ3v) is 3.66. The predicted molar refractivity (Wildman–Crippen MR) is 79.7 cm³/mol. The van der Waals surface area contributed by atoms with E-state index in [0.717, 1.165) is 6.07 Å². The summed E-state index contributed by atoms with van der Waals surface area (Å²) in [5.74, 6) is 0.643. The number of aromatic nitrogens is 3. The van der Waals surface area contributed by atoms with Gasteiger partial charge in [-0.05, 0) is 24.6 Å². The number of methoxy groups -OCH3 is 1. The van der Waals surface area contributed by atoms with E-state index in [1.807, 2.05) is 0 Å². The van der Waals surface area contributed by atoms with Gasteiger partial charge in [0.05, 0.1) is 12.8 Å². The van der Waals surface area contributed by atoms with Gasteiger partial charge in [0.15, 0.2) is 5.65 Å². The van der Waals surface area contributed by atoms with Crippen LogP contribution in [0.3, 0.4) is 0 Å². The van der Waals surface area contributed by atoms with E-state index >= 15 is 0 Å². The van der Waals surface area contributed by atoms with E-state index in [1.165, 1.54) is 11.6 Å². The largest absolute Gasteiger partial charge is 0.497 e. The molecule has 0 atom stereocenters. The maximum atomic E-state index is 13.0. The smallest absolute Gasteiger partial charge is 0.433 e. The maximum absolute atomic E-state index is 13.0. The molecular formula is C15H11ClF3N3O. The summed E-state index contributed by atoms with van der Waals surface area (Å²) in [5, 5.41) is 4.03. The third kappa shape index (κ3) is 2.72. The molecule has 2 aromatic heterocycles. The van der Waals surface area contributed by atoms with Crippen molar-refractivity contribution in [3.8, 4) is 16.9 Å². The molecule has 0 fully saturated rings. The third-order valence-electron chi connectivity index (χ3n) is 3.39. The van der Waals surface area contributed by atoms with Crippen molar-refractivity contribution in [2.45, 2.75) is 13.1 Å². The molecular weight excluding hydrogens is 331 g/mol. The molecule has 3 aromatic rings. The van der Waals surface area contributed by atoms with E-state index in [1.54, 1.807) is 31.2 Å². The van der Waals surface area contributed by atoms with Gasteiger partial charge in [-0.1, -0.05) is 23.7 Å². The number of alkyl halides is 3. The molecule has 0 aliphatic rings. The zero-order chi connectivity index (χ0) is 16.8. The standard InChI is InChI=1S/C15H11ClF3N3O/c1-8-13(9-3-5-10(23-2)6-4-9)14-20-11(15(17,18)19)7-12(16)22(14)21-8/h3-7H,1-2H3. The molecule has 8 heteroatoms. The Morgan fingerprint density at radius 2 is 1.83 bits per heavy atom. The second-order valence-corrected chi connectivity index (χ2v) is 5.27. The van der Waals surface area contributed by atoms with Gasteiger partial charge in [0.1, 0.15) is 16.6 Å². The summed E-state index contributed by atoms with van der Waals surface area (Å²) in [4.78, 5) is 3.71. The van der Waals surface area contributed by atoms with E-state index in [9.17, 15) is 13.2 Å². The Morgan fingerprint density at radius 1 is 1.17 bits per heavy atom. The number of hydrogen-bond donors (Lipinski definition) is 0. The van der Waals surface area contributed by atoms with E-state index in [4.69, 9.17) is 16.3 Å². The van der Waals surface area contributed by atoms with Gasteiger partial charge >= 0.3 is 6.18 Å². The Morgan fingerprint density at radius 3 is 2.39 bits per heavy atom. The van der Waals surface area contributed by atoms with Crippen LogP contribution in [0.5, 0.6) is 5.75 Å². The first-order valence-electron chi connectivity index (χ1n) is 6.59. The molecule has 0 aliphatic carbocycles. The highest BCUT2D eigenvalue weighted by molar-refractivity contribution is 6.29. The fraction of sp³-hybridized carbons (Fsp3) is 0.200. The highest BCUT2D eigenvalue weighted by atomic mass is 35.5. The van der Waals surface area contributed by atoms with Crippen molar-refractivity contribution < 1.29 is 17.9 Å². The Labute approximate surface area is 134 Å². The summed E-state index contributed by atoms with van der Waals surface area (Å²) in [6.45, 7) is 1.69. The normalized spacial score (nSPS) is 11.9. The lowest BCUT2D eigenvalue weighted by Gasteiger charge is -2.08. The van der Waals surface area contributed by atoms with Gasteiger partial charge in [0, 0.05) is 11.6 Å². The second-order valence-electron chi connectivity index (χ2n) is 4.89. The monoisotopic (exact) mass is 341 g/mol. The number of nitrogens with zero attached hydrogens (tertiary/aromatic N) is 3. The molecule has 4 nitrogen and oxygen atoms in total. The SMILES string of the molecule is COc1ccc(-c2c(C)nn3c(Cl)cc(C(F)(F)F)nc23)cc1. The Balaban J connectivity index is 2.27. The van der Waals surface area contributed by atoms with Crippen molar-refractivity contribution in [3.63, 3.8) is 0 Å². The molecule has 0 unspecified atom stereocenters. The van der Waals surface area contributed by atoms with Crippen molar-refractivity contribution >= 4 is 17.2 Å². The molecule has 0 aliphatic heterocycles. The van der Waals surface area contributed by atoms with E-state index in [0.29, 0.717) is 22.6 Å². The lowest BCUT2D eigenvalue weighted by atomic mass is 10.1. The molecule has 23 heavy (non-hydrogen) atoms. The summed E-state index contributed by atoms with van der Waals surface area (Å²) in [7, 11) is 1.53. The minimum atomic E-state index is -4.58. The fourth-order valence-corrected chi connectivity index (χ4v) is 2.55. The van der Waals surface area contributed by atoms with Gasteiger partial charge in [-0.25, -0.2) is 9.50 Å². The van der Waals surface area contributed by atoms with E-state index in [2.05, 4.69) is 10.1 Å². The van der Waals surface area contributed by atoms with Gasteiger partial charge in [0.2, 0.25) is 0 Å². The summed E-state index contributed by atoms with van der Waals surface area (Å²) < 4.78 is 45.2. The summed E-state index contributed by atoms with van der Waals surface area (Å²) in [6, 6.07) is 7.66. The van der Waals surface area contributed by atoms with Crippen LogP contribution < -0.4 is 4.74 Å². The average molecular weight is 342 g/mol. The lowest BCUT2D eigenvalue weighted by molar-refractivity contribution is -0.141. The van der Waals surface area contributed by atoms with Gasteiger partial charge in [0.25, 0.3) is 0 Å². The summed E-state index contributed by atoms with van der Waals surface area (Å²) in [6.07, 6.45) is -4.58. The number of fused-ring (bicyclic) bond motifs is 1. The second kappa shape index (κ2) is 5.42. The lowest BCUT2D eigenvalue weighted by Crippen LogP contribution is -2.10. The highest BCUT2D eigenvalue weighted by Crippen LogP contribution is 2.34. The van der Waals surface area contributed by atoms with Crippen molar-refractivity contribution in [2.75, 3.05) is 7.11 Å². The molecule has 1 aromatic carbocycles. The first kappa shape index (κ1) is 15.6. The first-order chi connectivity index (χ1) is 10.8. The van der Waals surface area contributed by atoms with E-state index < -0.39 is 11.9 Å². The number of hydrogen-bond acceptors (Lipinski definition) is 3. The van der Waals surface area contributed by atoms with Gasteiger partial charge in [-0.15, -0.1) is 0 Å². The highest BCUT2D eigenvalue weighted by Gasteiger charge is 2.34. The zero-order valence-corrected chi connectivity index (χ0v) is 12.9. The van der Waals surface area contributed by atoms with Gasteiger partial charge in [-0.2, -0.15) is 18.3 Å². The van der Waals surface area contributed by atoms with Crippen molar-refractivity contribution in [3.05, 3.63) is 46.9 Å². The molecule has 0 spiro atoms. The maximum Gasteiger partial charge on any atom is 0.433 e. The predicted octanol–water partition coefficient (Wildman–Crippen LogP) is 4.39. The minimum absolute atomic E-state index is 0.0625. The quantitative estimate of drug-likeness (QED) is 0.649. The molecule has 0 amide bonds. The summed E-state index contributed by atoms with van der Waals surface area (Å²) in [5.41, 5.74) is 0.725. The zero-order valence-electron chi connectivity index (χ0n) is 12.1. The van der Waals surface area contributed by atoms with Crippen LogP contribution >= 0.6 is 11.6 Å². The van der Waals surface area contributed by atoms with Crippen LogP contribution in [0, 0.1) is 6.92 Å². The number of ether oxygens (including phenoxy) is 1.